The predicted molar refractivity (Wildman–Crippen MR) is 102 cm³/mol. The molecule has 3 N–H and O–H groups in total. The van der Waals surface area contributed by atoms with E-state index >= 15 is 0 Å². The third-order valence-electron chi connectivity index (χ3n) is 5.31. The van der Waals surface area contributed by atoms with Gasteiger partial charge in [-0.25, -0.2) is 0 Å². The molecule has 2 aliphatic rings. The van der Waals surface area contributed by atoms with Crippen LogP contribution in [0.5, 0.6) is 0 Å². The number of rotatable bonds is 3. The van der Waals surface area contributed by atoms with Crippen LogP contribution in [0.1, 0.15) is 55.8 Å². The Hall–Kier alpha value is -1.59. The van der Waals surface area contributed by atoms with Crippen LogP contribution in [0.3, 0.4) is 0 Å². The zero-order valence-electron chi connectivity index (χ0n) is 14.7. The van der Waals surface area contributed by atoms with Gasteiger partial charge in [-0.15, -0.1) is 12.4 Å². The molecule has 3 rings (SSSR count). The molecule has 25 heavy (non-hydrogen) atoms. The van der Waals surface area contributed by atoms with Gasteiger partial charge in [0.2, 0.25) is 5.91 Å². The van der Waals surface area contributed by atoms with Crippen molar-refractivity contribution < 1.29 is 9.59 Å². The number of hydrogen-bond acceptors (Lipinski definition) is 3. The highest BCUT2D eigenvalue weighted by Crippen LogP contribution is 2.26. The third-order valence-corrected chi connectivity index (χ3v) is 5.31. The monoisotopic (exact) mass is 365 g/mol. The number of nitrogens with one attached hydrogen (secondary N) is 1. The number of carbonyl (C=O) groups excluding carboxylic acids is 2. The van der Waals surface area contributed by atoms with Gasteiger partial charge in [0.1, 0.15) is 0 Å². The Morgan fingerprint density at radius 3 is 2.44 bits per heavy atom. The minimum Gasteiger partial charge on any atom is -0.336 e. The van der Waals surface area contributed by atoms with Gasteiger partial charge in [-0.2, -0.15) is 0 Å². The van der Waals surface area contributed by atoms with Crippen LogP contribution in [-0.4, -0.2) is 35.3 Å². The molecule has 1 aromatic rings. The Balaban J connectivity index is 0.00000225. The molecule has 2 fully saturated rings. The number of anilines is 1. The van der Waals surface area contributed by atoms with Gasteiger partial charge in [-0.3, -0.25) is 9.59 Å². The van der Waals surface area contributed by atoms with Crippen LogP contribution in [0.2, 0.25) is 0 Å². The molecule has 2 amide bonds. The topological polar surface area (TPSA) is 75.4 Å². The average molecular weight is 366 g/mol. The van der Waals surface area contributed by atoms with Gasteiger partial charge in [-0.05, 0) is 69.7 Å². The molecule has 3 atom stereocenters. The maximum absolute atomic E-state index is 12.6. The fourth-order valence-corrected chi connectivity index (χ4v) is 3.76. The summed E-state index contributed by atoms with van der Waals surface area (Å²) in [5, 5.41) is 2.94. The molecule has 1 aliphatic carbocycles. The summed E-state index contributed by atoms with van der Waals surface area (Å²) in [6.45, 7) is 2.94. The van der Waals surface area contributed by atoms with E-state index in [1.807, 2.05) is 17.0 Å². The van der Waals surface area contributed by atoms with Crippen molar-refractivity contribution >= 4 is 29.9 Å². The van der Waals surface area contributed by atoms with Gasteiger partial charge in [0, 0.05) is 35.8 Å². The lowest BCUT2D eigenvalue weighted by Gasteiger charge is -2.33. The SMILES string of the molecule is CC1CCCCN1C(=O)c1ccc(NC(=O)C2CCC(N)C2)cc1.Cl. The van der Waals surface area contributed by atoms with Gasteiger partial charge in [0.25, 0.3) is 5.91 Å². The highest BCUT2D eigenvalue weighted by molar-refractivity contribution is 5.96. The van der Waals surface area contributed by atoms with Crippen molar-refractivity contribution in [1.29, 1.82) is 0 Å². The van der Waals surface area contributed by atoms with Crippen LogP contribution < -0.4 is 11.1 Å². The smallest absolute Gasteiger partial charge is 0.254 e. The molecule has 138 valence electrons. The summed E-state index contributed by atoms with van der Waals surface area (Å²) in [4.78, 5) is 26.8. The number of halogens is 1. The maximum Gasteiger partial charge on any atom is 0.254 e. The Kier molecular flexibility index (Phi) is 6.85. The number of carbonyl (C=O) groups is 2. The van der Waals surface area contributed by atoms with Gasteiger partial charge in [-0.1, -0.05) is 0 Å². The lowest BCUT2D eigenvalue weighted by atomic mass is 10.0. The summed E-state index contributed by atoms with van der Waals surface area (Å²) in [6, 6.07) is 7.69. The van der Waals surface area contributed by atoms with E-state index in [0.717, 1.165) is 44.3 Å². The van der Waals surface area contributed by atoms with Crippen LogP contribution in [0.25, 0.3) is 0 Å². The molecular weight excluding hydrogens is 338 g/mol. The van der Waals surface area contributed by atoms with E-state index in [1.54, 1.807) is 12.1 Å². The van der Waals surface area contributed by atoms with Crippen LogP contribution >= 0.6 is 12.4 Å². The van der Waals surface area contributed by atoms with Crippen molar-refractivity contribution in [2.45, 2.75) is 57.5 Å². The van der Waals surface area contributed by atoms with E-state index in [1.165, 1.54) is 6.42 Å². The first-order valence-electron chi connectivity index (χ1n) is 9.02. The Labute approximate surface area is 155 Å². The minimum absolute atomic E-state index is 0. The molecule has 1 aliphatic heterocycles. The quantitative estimate of drug-likeness (QED) is 0.863. The largest absolute Gasteiger partial charge is 0.336 e. The number of likely N-dealkylation sites (tertiary alicyclic amines) is 1. The van der Waals surface area contributed by atoms with E-state index in [2.05, 4.69) is 12.2 Å². The molecule has 1 heterocycles. The van der Waals surface area contributed by atoms with Crippen LogP contribution in [0, 0.1) is 5.92 Å². The lowest BCUT2D eigenvalue weighted by molar-refractivity contribution is -0.119. The molecule has 3 unspecified atom stereocenters. The molecule has 1 saturated carbocycles. The molecule has 5 nitrogen and oxygen atoms in total. The summed E-state index contributed by atoms with van der Waals surface area (Å²) in [5.41, 5.74) is 7.29. The molecule has 0 aromatic heterocycles. The van der Waals surface area contributed by atoms with E-state index in [0.29, 0.717) is 11.6 Å². The zero-order chi connectivity index (χ0) is 17.1. The Bertz CT molecular complexity index is 605. The number of hydrogen-bond donors (Lipinski definition) is 2. The molecule has 1 aromatic carbocycles. The van der Waals surface area contributed by atoms with Crippen molar-refractivity contribution in [3.05, 3.63) is 29.8 Å². The first-order valence-corrected chi connectivity index (χ1v) is 9.02. The molecule has 0 spiro atoms. The van der Waals surface area contributed by atoms with Gasteiger partial charge >= 0.3 is 0 Å². The van der Waals surface area contributed by atoms with Crippen molar-refractivity contribution in [3.63, 3.8) is 0 Å². The van der Waals surface area contributed by atoms with Crippen LogP contribution in [-0.2, 0) is 4.79 Å². The number of benzene rings is 1. The molecule has 0 bridgehead atoms. The Morgan fingerprint density at radius 2 is 1.84 bits per heavy atom. The normalized spacial score (nSPS) is 26.0. The minimum atomic E-state index is 0. The molecule has 6 heteroatoms. The van der Waals surface area contributed by atoms with E-state index < -0.39 is 0 Å². The number of piperidine rings is 1. The first kappa shape index (κ1) is 19.7. The average Bonchev–Trinajstić information content (AvgIpc) is 3.02. The number of amides is 2. The maximum atomic E-state index is 12.6. The third kappa shape index (κ3) is 4.73. The Morgan fingerprint density at radius 1 is 1.12 bits per heavy atom. The highest BCUT2D eigenvalue weighted by atomic mass is 35.5. The lowest BCUT2D eigenvalue weighted by Crippen LogP contribution is -2.42. The second-order valence-corrected chi connectivity index (χ2v) is 7.18. The zero-order valence-corrected chi connectivity index (χ0v) is 15.6. The fourth-order valence-electron chi connectivity index (χ4n) is 3.76. The summed E-state index contributed by atoms with van der Waals surface area (Å²) in [5.74, 6) is 0.129. The summed E-state index contributed by atoms with van der Waals surface area (Å²) >= 11 is 0. The standard InChI is InChI=1S/C19H27N3O2.ClH/c1-13-4-2-3-11-22(13)19(24)14-6-9-17(10-7-14)21-18(23)15-5-8-16(20)12-15;/h6-7,9-10,13,15-16H,2-5,8,11-12,20H2,1H3,(H,21,23);1H. The van der Waals surface area contributed by atoms with Crippen molar-refractivity contribution in [2.75, 3.05) is 11.9 Å². The van der Waals surface area contributed by atoms with E-state index in [-0.39, 0.29) is 36.2 Å². The van der Waals surface area contributed by atoms with Crippen molar-refractivity contribution in [1.82, 2.24) is 4.90 Å². The summed E-state index contributed by atoms with van der Waals surface area (Å²) in [6.07, 6.45) is 5.88. The van der Waals surface area contributed by atoms with Crippen LogP contribution in [0.4, 0.5) is 5.69 Å². The molecular formula is C19H28ClN3O2. The summed E-state index contributed by atoms with van der Waals surface area (Å²) < 4.78 is 0. The van der Waals surface area contributed by atoms with Crippen LogP contribution in [0.15, 0.2) is 24.3 Å². The fraction of sp³-hybridized carbons (Fsp3) is 0.579. The predicted octanol–water partition coefficient (Wildman–Crippen LogP) is 3.19. The van der Waals surface area contributed by atoms with E-state index in [4.69, 9.17) is 5.73 Å². The van der Waals surface area contributed by atoms with Crippen molar-refractivity contribution in [2.24, 2.45) is 11.7 Å². The molecule has 0 radical (unpaired) electrons. The first-order chi connectivity index (χ1) is 11.5. The van der Waals surface area contributed by atoms with Gasteiger partial charge in [0.05, 0.1) is 0 Å². The second-order valence-electron chi connectivity index (χ2n) is 7.18. The second kappa shape index (κ2) is 8.68. The number of nitrogens with zero attached hydrogens (tertiary/aromatic N) is 1. The van der Waals surface area contributed by atoms with E-state index in [9.17, 15) is 9.59 Å². The van der Waals surface area contributed by atoms with Gasteiger partial charge in [0.15, 0.2) is 0 Å². The summed E-state index contributed by atoms with van der Waals surface area (Å²) in [7, 11) is 0. The molecule has 1 saturated heterocycles. The van der Waals surface area contributed by atoms with Crippen molar-refractivity contribution in [3.8, 4) is 0 Å². The van der Waals surface area contributed by atoms with Gasteiger partial charge < -0.3 is 16.0 Å². The highest BCUT2D eigenvalue weighted by Gasteiger charge is 2.28. The number of nitrogens with two attached hydrogens (primary N) is 1.